The van der Waals surface area contributed by atoms with E-state index in [1.54, 1.807) is 23.2 Å². The minimum atomic E-state index is -0.820. The zero-order chi connectivity index (χ0) is 22.0. The Hall–Kier alpha value is -3.15. The van der Waals surface area contributed by atoms with Crippen LogP contribution in [-0.4, -0.2) is 70.9 Å². The van der Waals surface area contributed by atoms with Crippen LogP contribution in [-0.2, 0) is 9.59 Å². The lowest BCUT2D eigenvalue weighted by molar-refractivity contribution is -0.139. The second kappa shape index (κ2) is 8.53. The summed E-state index contributed by atoms with van der Waals surface area (Å²) in [6, 6.07) is 5.04. The third kappa shape index (κ3) is 4.07. The number of anilines is 1. The Labute approximate surface area is 182 Å². The molecule has 1 aromatic heterocycles. The van der Waals surface area contributed by atoms with Gasteiger partial charge in [0.1, 0.15) is 17.9 Å². The van der Waals surface area contributed by atoms with Crippen LogP contribution in [0.25, 0.3) is 0 Å². The number of hydrogen-bond acceptors (Lipinski definition) is 6. The number of rotatable bonds is 4. The molecule has 2 aliphatic heterocycles. The Morgan fingerprint density at radius 2 is 1.97 bits per heavy atom. The molecule has 4 rings (SSSR count). The fraction of sp³-hybridized carbons (Fsp3) is 0.591. The first kappa shape index (κ1) is 21.1. The highest BCUT2D eigenvalue weighted by Crippen LogP contribution is 2.37. The fourth-order valence-corrected chi connectivity index (χ4v) is 4.82. The fourth-order valence-electron chi connectivity index (χ4n) is 4.82. The normalized spacial score (nSPS) is 26.2. The van der Waals surface area contributed by atoms with Crippen molar-refractivity contribution in [3.8, 4) is 6.07 Å². The van der Waals surface area contributed by atoms with E-state index >= 15 is 0 Å². The highest BCUT2D eigenvalue weighted by molar-refractivity contribution is 6.09. The lowest BCUT2D eigenvalue weighted by Crippen LogP contribution is -2.53. The van der Waals surface area contributed by atoms with Gasteiger partial charge in [0, 0.05) is 32.4 Å². The molecule has 0 aromatic carbocycles. The van der Waals surface area contributed by atoms with Gasteiger partial charge >= 0.3 is 6.03 Å². The van der Waals surface area contributed by atoms with Crippen molar-refractivity contribution in [2.24, 2.45) is 5.92 Å². The topological polar surface area (TPSA) is 110 Å². The average molecular weight is 425 g/mol. The number of imide groups is 1. The molecule has 3 heterocycles. The van der Waals surface area contributed by atoms with E-state index in [0.29, 0.717) is 56.3 Å². The van der Waals surface area contributed by atoms with Crippen molar-refractivity contribution in [3.05, 3.63) is 23.9 Å². The predicted molar refractivity (Wildman–Crippen MR) is 113 cm³/mol. The minimum Gasteiger partial charge on any atom is -0.353 e. The highest BCUT2D eigenvalue weighted by atomic mass is 16.2. The molecule has 1 spiro atoms. The van der Waals surface area contributed by atoms with Crippen LogP contribution in [0.4, 0.5) is 10.6 Å². The summed E-state index contributed by atoms with van der Waals surface area (Å²) in [5.74, 6) is 0.841. The number of pyridine rings is 1. The van der Waals surface area contributed by atoms with E-state index in [-0.39, 0.29) is 18.4 Å². The van der Waals surface area contributed by atoms with Crippen molar-refractivity contribution in [1.82, 2.24) is 20.1 Å². The molecule has 31 heavy (non-hydrogen) atoms. The van der Waals surface area contributed by atoms with E-state index in [9.17, 15) is 14.4 Å². The van der Waals surface area contributed by atoms with Crippen LogP contribution >= 0.6 is 0 Å². The number of hydrogen-bond donors (Lipinski definition) is 1. The van der Waals surface area contributed by atoms with E-state index in [4.69, 9.17) is 5.26 Å². The molecule has 0 atom stereocenters. The smallest absolute Gasteiger partial charge is 0.325 e. The standard InChI is InChI=1S/C22H28N6O3/c1-2-16-3-6-22(7-4-16)20(30)28(21(31)25-22)15-19(29)27-11-9-26(10-12-27)18-13-17(14-23)5-8-24-18/h5,8,13,16H,2-4,6-7,9-12,15H2,1H3,(H,25,31). The van der Waals surface area contributed by atoms with Gasteiger partial charge in [-0.2, -0.15) is 5.26 Å². The van der Waals surface area contributed by atoms with Gasteiger partial charge in [0.05, 0.1) is 11.6 Å². The van der Waals surface area contributed by atoms with Gasteiger partial charge in [-0.15, -0.1) is 0 Å². The van der Waals surface area contributed by atoms with Crippen LogP contribution in [0, 0.1) is 17.2 Å². The highest BCUT2D eigenvalue weighted by Gasteiger charge is 2.52. The zero-order valence-corrected chi connectivity index (χ0v) is 17.8. The van der Waals surface area contributed by atoms with Gasteiger partial charge < -0.3 is 15.1 Å². The second-order valence-electron chi connectivity index (χ2n) is 8.64. The maximum atomic E-state index is 13.0. The molecular weight excluding hydrogens is 396 g/mol. The molecule has 0 unspecified atom stereocenters. The average Bonchev–Trinajstić information content (AvgIpc) is 3.03. The van der Waals surface area contributed by atoms with Crippen LogP contribution < -0.4 is 10.2 Å². The molecule has 9 heteroatoms. The summed E-state index contributed by atoms with van der Waals surface area (Å²) in [5.41, 5.74) is -0.275. The number of nitrogens with one attached hydrogen (secondary N) is 1. The van der Waals surface area contributed by atoms with Crippen molar-refractivity contribution in [1.29, 1.82) is 5.26 Å². The molecule has 0 radical (unpaired) electrons. The molecule has 1 aromatic rings. The van der Waals surface area contributed by atoms with Crippen molar-refractivity contribution >= 4 is 23.7 Å². The molecule has 164 valence electrons. The monoisotopic (exact) mass is 424 g/mol. The molecule has 9 nitrogen and oxygen atoms in total. The van der Waals surface area contributed by atoms with Crippen LogP contribution in [0.1, 0.15) is 44.6 Å². The van der Waals surface area contributed by atoms with Crippen molar-refractivity contribution in [3.63, 3.8) is 0 Å². The number of piperazine rings is 1. The van der Waals surface area contributed by atoms with Gasteiger partial charge in [0.2, 0.25) is 5.91 Å². The number of urea groups is 1. The molecule has 4 amide bonds. The predicted octanol–water partition coefficient (Wildman–Crippen LogP) is 1.49. The van der Waals surface area contributed by atoms with E-state index in [1.165, 1.54) is 0 Å². The van der Waals surface area contributed by atoms with Gasteiger partial charge in [0.15, 0.2) is 0 Å². The lowest BCUT2D eigenvalue weighted by Gasteiger charge is -2.36. The van der Waals surface area contributed by atoms with Crippen molar-refractivity contribution in [2.75, 3.05) is 37.6 Å². The van der Waals surface area contributed by atoms with Gasteiger partial charge in [0.25, 0.3) is 5.91 Å². The summed E-state index contributed by atoms with van der Waals surface area (Å²) in [6.07, 6.45) is 5.83. The first-order valence-corrected chi connectivity index (χ1v) is 11.0. The summed E-state index contributed by atoms with van der Waals surface area (Å²) >= 11 is 0. The third-order valence-corrected chi connectivity index (χ3v) is 6.91. The van der Waals surface area contributed by atoms with E-state index < -0.39 is 11.6 Å². The van der Waals surface area contributed by atoms with Crippen molar-refractivity contribution in [2.45, 2.75) is 44.6 Å². The van der Waals surface area contributed by atoms with Crippen LogP contribution in [0.3, 0.4) is 0 Å². The number of carbonyl (C=O) groups excluding carboxylic acids is 3. The van der Waals surface area contributed by atoms with E-state index in [1.807, 2.05) is 4.90 Å². The largest absolute Gasteiger partial charge is 0.353 e. The number of nitrogens with zero attached hydrogens (tertiary/aromatic N) is 5. The van der Waals surface area contributed by atoms with Crippen molar-refractivity contribution < 1.29 is 14.4 Å². The van der Waals surface area contributed by atoms with E-state index in [2.05, 4.69) is 23.3 Å². The Bertz CT molecular complexity index is 910. The van der Waals surface area contributed by atoms with Gasteiger partial charge in [-0.25, -0.2) is 9.78 Å². The third-order valence-electron chi connectivity index (χ3n) is 6.91. The zero-order valence-electron chi connectivity index (χ0n) is 17.8. The molecule has 3 aliphatic rings. The number of amides is 4. The number of nitriles is 1. The quantitative estimate of drug-likeness (QED) is 0.734. The Balaban J connectivity index is 1.33. The van der Waals surface area contributed by atoms with Crippen LogP contribution in [0.15, 0.2) is 18.3 Å². The Morgan fingerprint density at radius 1 is 1.26 bits per heavy atom. The summed E-state index contributed by atoms with van der Waals surface area (Å²) in [5, 5.41) is 11.9. The van der Waals surface area contributed by atoms with Gasteiger partial charge in [-0.05, 0) is 43.7 Å². The lowest BCUT2D eigenvalue weighted by atomic mass is 9.75. The van der Waals surface area contributed by atoms with Crippen LogP contribution in [0.5, 0.6) is 0 Å². The molecule has 1 aliphatic carbocycles. The first-order chi connectivity index (χ1) is 15.0. The second-order valence-corrected chi connectivity index (χ2v) is 8.64. The number of carbonyl (C=O) groups is 3. The molecule has 0 bridgehead atoms. The summed E-state index contributed by atoms with van der Waals surface area (Å²) in [4.78, 5) is 47.5. The molecule has 1 N–H and O–H groups in total. The molecular formula is C22H28N6O3. The van der Waals surface area contributed by atoms with Crippen LogP contribution in [0.2, 0.25) is 0 Å². The summed E-state index contributed by atoms with van der Waals surface area (Å²) in [6.45, 7) is 4.05. The summed E-state index contributed by atoms with van der Waals surface area (Å²) < 4.78 is 0. The maximum absolute atomic E-state index is 13.0. The van der Waals surface area contributed by atoms with E-state index in [0.717, 1.165) is 24.2 Å². The minimum absolute atomic E-state index is 0.216. The Morgan fingerprint density at radius 3 is 2.61 bits per heavy atom. The SMILES string of the molecule is CCC1CCC2(CC1)NC(=O)N(CC(=O)N1CCN(c3cc(C#N)ccn3)CC1)C2=O. The molecule has 3 fully saturated rings. The Kier molecular flexibility index (Phi) is 5.81. The van der Waals surface area contributed by atoms with Gasteiger partial charge in [-0.3, -0.25) is 14.5 Å². The summed E-state index contributed by atoms with van der Waals surface area (Å²) in [7, 11) is 0. The van der Waals surface area contributed by atoms with Gasteiger partial charge in [-0.1, -0.05) is 13.3 Å². The number of aromatic nitrogens is 1. The molecule has 1 saturated carbocycles. The first-order valence-electron chi connectivity index (χ1n) is 11.0. The molecule has 2 saturated heterocycles. The maximum Gasteiger partial charge on any atom is 0.325 e.